The summed E-state index contributed by atoms with van der Waals surface area (Å²) in [6.07, 6.45) is 3.17. The molecule has 0 spiro atoms. The maximum Gasteiger partial charge on any atom is 0.274 e. The van der Waals surface area contributed by atoms with E-state index in [1.54, 1.807) is 36.5 Å². The number of amides is 1. The molecule has 0 fully saturated rings. The molecule has 94 valence electrons. The van der Waals surface area contributed by atoms with Crippen LogP contribution < -0.4 is 5.73 Å². The lowest BCUT2D eigenvalue weighted by Crippen LogP contribution is -2.27. The number of hydrogen-bond acceptors (Lipinski definition) is 4. The number of hydrogen-bond donors (Lipinski definition) is 1. The first kappa shape index (κ1) is 12.2. The van der Waals surface area contributed by atoms with Crippen LogP contribution in [0.2, 0.25) is 0 Å². The zero-order valence-corrected chi connectivity index (χ0v) is 10.4. The van der Waals surface area contributed by atoms with Crippen molar-refractivity contribution >= 4 is 11.6 Å². The Bertz CT molecular complexity index is 563. The second-order valence-electron chi connectivity index (χ2n) is 4.10. The van der Waals surface area contributed by atoms with Crippen LogP contribution in [0.25, 0.3) is 0 Å². The maximum atomic E-state index is 12.2. The van der Waals surface area contributed by atoms with E-state index in [1.807, 2.05) is 13.0 Å². The van der Waals surface area contributed by atoms with Crippen molar-refractivity contribution in [2.75, 3.05) is 12.8 Å². The van der Waals surface area contributed by atoms with Crippen LogP contribution in [0.1, 0.15) is 21.8 Å². The summed E-state index contributed by atoms with van der Waals surface area (Å²) in [6, 6.07) is 5.21. The molecule has 2 rings (SSSR count). The average Bonchev–Trinajstić information content (AvgIpc) is 2.75. The van der Waals surface area contributed by atoms with Crippen LogP contribution in [0.15, 0.2) is 35.1 Å². The SMILES string of the molecule is Cc1occc1CN(C)C(=O)c1ncccc1N. The summed E-state index contributed by atoms with van der Waals surface area (Å²) in [6.45, 7) is 2.33. The fourth-order valence-corrected chi connectivity index (χ4v) is 1.68. The van der Waals surface area contributed by atoms with Gasteiger partial charge in [0.05, 0.1) is 12.0 Å². The minimum atomic E-state index is -0.200. The highest BCUT2D eigenvalue weighted by molar-refractivity contribution is 5.96. The smallest absolute Gasteiger partial charge is 0.274 e. The Balaban J connectivity index is 2.15. The molecule has 1 amide bonds. The van der Waals surface area contributed by atoms with E-state index < -0.39 is 0 Å². The summed E-state index contributed by atoms with van der Waals surface area (Å²) in [7, 11) is 1.71. The number of nitrogen functional groups attached to an aromatic ring is 1. The number of aromatic nitrogens is 1. The van der Waals surface area contributed by atoms with Crippen LogP contribution in [-0.4, -0.2) is 22.8 Å². The average molecular weight is 245 g/mol. The van der Waals surface area contributed by atoms with Crippen LogP contribution in [-0.2, 0) is 6.54 Å². The van der Waals surface area contributed by atoms with E-state index in [9.17, 15) is 4.79 Å². The molecule has 0 bridgehead atoms. The summed E-state index contributed by atoms with van der Waals surface area (Å²) in [4.78, 5) is 17.7. The van der Waals surface area contributed by atoms with Crippen LogP contribution in [0.5, 0.6) is 0 Å². The van der Waals surface area contributed by atoms with Crippen molar-refractivity contribution in [2.24, 2.45) is 0 Å². The predicted octanol–water partition coefficient (Wildman–Crippen LogP) is 1.84. The second-order valence-corrected chi connectivity index (χ2v) is 4.10. The molecule has 5 heteroatoms. The molecule has 0 saturated heterocycles. The van der Waals surface area contributed by atoms with Gasteiger partial charge in [0.1, 0.15) is 5.76 Å². The van der Waals surface area contributed by atoms with Crippen LogP contribution in [0, 0.1) is 6.92 Å². The van der Waals surface area contributed by atoms with Crippen LogP contribution in [0.3, 0.4) is 0 Å². The second kappa shape index (κ2) is 4.91. The van der Waals surface area contributed by atoms with E-state index in [2.05, 4.69) is 4.98 Å². The third kappa shape index (κ3) is 2.34. The molecule has 18 heavy (non-hydrogen) atoms. The van der Waals surface area contributed by atoms with Crippen LogP contribution in [0.4, 0.5) is 5.69 Å². The molecule has 0 aliphatic rings. The highest BCUT2D eigenvalue weighted by Gasteiger charge is 2.17. The van der Waals surface area contributed by atoms with E-state index in [0.29, 0.717) is 12.2 Å². The Labute approximate surface area is 105 Å². The van der Waals surface area contributed by atoms with Crippen molar-refractivity contribution in [3.63, 3.8) is 0 Å². The predicted molar refractivity (Wildman–Crippen MR) is 67.9 cm³/mol. The Morgan fingerprint density at radius 3 is 2.89 bits per heavy atom. The summed E-state index contributed by atoms with van der Waals surface area (Å²) < 4.78 is 5.20. The molecule has 0 atom stereocenters. The zero-order valence-electron chi connectivity index (χ0n) is 10.4. The molecule has 5 nitrogen and oxygen atoms in total. The number of carbonyl (C=O) groups is 1. The van der Waals surface area contributed by atoms with Gasteiger partial charge in [-0.2, -0.15) is 0 Å². The number of rotatable bonds is 3. The topological polar surface area (TPSA) is 72.4 Å². The van der Waals surface area contributed by atoms with Gasteiger partial charge in [0.25, 0.3) is 5.91 Å². The van der Waals surface area contributed by atoms with Gasteiger partial charge in [-0.25, -0.2) is 4.98 Å². The number of nitrogens with zero attached hydrogens (tertiary/aromatic N) is 2. The van der Waals surface area contributed by atoms with E-state index >= 15 is 0 Å². The Hall–Kier alpha value is -2.30. The standard InChI is InChI=1S/C13H15N3O2/c1-9-10(5-7-18-9)8-16(2)13(17)12-11(14)4-3-6-15-12/h3-7H,8,14H2,1-2H3. The molecule has 0 radical (unpaired) electrons. The lowest BCUT2D eigenvalue weighted by molar-refractivity contribution is 0.0780. The maximum absolute atomic E-state index is 12.2. The summed E-state index contributed by atoms with van der Waals surface area (Å²) in [5.74, 6) is 0.609. The lowest BCUT2D eigenvalue weighted by Gasteiger charge is -2.17. The molecule has 0 aliphatic heterocycles. The van der Waals surface area contributed by atoms with Gasteiger partial charge in [0.2, 0.25) is 0 Å². The zero-order chi connectivity index (χ0) is 13.1. The minimum absolute atomic E-state index is 0.200. The first-order valence-electron chi connectivity index (χ1n) is 5.58. The van der Waals surface area contributed by atoms with E-state index in [0.717, 1.165) is 11.3 Å². The number of carbonyl (C=O) groups excluding carboxylic acids is 1. The van der Waals surface area contributed by atoms with Crippen molar-refractivity contribution in [3.8, 4) is 0 Å². The molecule has 0 aliphatic carbocycles. The van der Waals surface area contributed by atoms with Gasteiger partial charge >= 0.3 is 0 Å². The monoisotopic (exact) mass is 245 g/mol. The molecule has 2 aromatic rings. The molecule has 0 unspecified atom stereocenters. The van der Waals surface area contributed by atoms with Gasteiger partial charge in [-0.1, -0.05) is 0 Å². The van der Waals surface area contributed by atoms with E-state index in [-0.39, 0.29) is 11.6 Å². The molecule has 0 aromatic carbocycles. The van der Waals surface area contributed by atoms with Gasteiger partial charge in [0.15, 0.2) is 5.69 Å². The van der Waals surface area contributed by atoms with E-state index in [4.69, 9.17) is 10.2 Å². The summed E-state index contributed by atoms with van der Waals surface area (Å²) in [5.41, 5.74) is 7.37. The van der Waals surface area contributed by atoms with Crippen molar-refractivity contribution < 1.29 is 9.21 Å². The van der Waals surface area contributed by atoms with Crippen LogP contribution >= 0.6 is 0 Å². The normalized spacial score (nSPS) is 10.3. The summed E-state index contributed by atoms with van der Waals surface area (Å²) >= 11 is 0. The quantitative estimate of drug-likeness (QED) is 0.895. The molecule has 2 N–H and O–H groups in total. The number of nitrogens with two attached hydrogens (primary N) is 1. The van der Waals surface area contributed by atoms with Gasteiger partial charge in [0, 0.05) is 25.4 Å². The number of pyridine rings is 1. The van der Waals surface area contributed by atoms with Crippen molar-refractivity contribution in [3.05, 3.63) is 47.7 Å². The lowest BCUT2D eigenvalue weighted by atomic mass is 10.2. The molecular formula is C13H15N3O2. The third-order valence-corrected chi connectivity index (χ3v) is 2.76. The Morgan fingerprint density at radius 2 is 2.28 bits per heavy atom. The molecular weight excluding hydrogens is 230 g/mol. The van der Waals surface area contributed by atoms with Gasteiger partial charge < -0.3 is 15.1 Å². The summed E-state index contributed by atoms with van der Waals surface area (Å²) in [5, 5.41) is 0. The minimum Gasteiger partial charge on any atom is -0.469 e. The Morgan fingerprint density at radius 1 is 1.50 bits per heavy atom. The molecule has 2 heterocycles. The molecule has 2 aromatic heterocycles. The van der Waals surface area contributed by atoms with Gasteiger partial charge in [-0.05, 0) is 25.1 Å². The van der Waals surface area contributed by atoms with Crippen molar-refractivity contribution in [1.29, 1.82) is 0 Å². The van der Waals surface area contributed by atoms with Crippen molar-refractivity contribution in [1.82, 2.24) is 9.88 Å². The third-order valence-electron chi connectivity index (χ3n) is 2.76. The molecule has 0 saturated carbocycles. The highest BCUT2D eigenvalue weighted by atomic mass is 16.3. The number of aryl methyl sites for hydroxylation is 1. The van der Waals surface area contributed by atoms with E-state index in [1.165, 1.54) is 0 Å². The largest absolute Gasteiger partial charge is 0.469 e. The number of anilines is 1. The Kier molecular flexibility index (Phi) is 3.32. The number of furan rings is 1. The van der Waals surface area contributed by atoms with Gasteiger partial charge in [-0.15, -0.1) is 0 Å². The fraction of sp³-hybridized carbons (Fsp3) is 0.231. The first-order chi connectivity index (χ1) is 8.59. The van der Waals surface area contributed by atoms with Gasteiger partial charge in [-0.3, -0.25) is 4.79 Å². The first-order valence-corrected chi connectivity index (χ1v) is 5.58. The fourth-order valence-electron chi connectivity index (χ4n) is 1.68. The van der Waals surface area contributed by atoms with Crippen molar-refractivity contribution in [2.45, 2.75) is 13.5 Å². The highest BCUT2D eigenvalue weighted by Crippen LogP contribution is 2.14.